The number of hydrogen-bond donors (Lipinski definition) is 1. The Morgan fingerprint density at radius 3 is 2.34 bits per heavy atom. The highest BCUT2D eigenvalue weighted by Crippen LogP contribution is 2.32. The van der Waals surface area contributed by atoms with Crippen LogP contribution in [0, 0.1) is 18.6 Å². The van der Waals surface area contributed by atoms with Crippen LogP contribution in [0.5, 0.6) is 0 Å². The van der Waals surface area contributed by atoms with Crippen molar-refractivity contribution in [2.45, 2.75) is 48.3 Å². The van der Waals surface area contributed by atoms with E-state index in [1.165, 1.54) is 30.5 Å². The van der Waals surface area contributed by atoms with Gasteiger partial charge in [-0.3, -0.25) is 14.8 Å². The molecule has 17 heteroatoms. The van der Waals surface area contributed by atoms with E-state index in [4.69, 9.17) is 22.3 Å². The Morgan fingerprint density at radius 1 is 1.04 bits per heavy atom. The molecule has 2 atom stereocenters. The predicted molar refractivity (Wildman–Crippen MR) is 166 cm³/mol. The number of rotatable bonds is 7. The summed E-state index contributed by atoms with van der Waals surface area (Å²) in [5.74, 6) is -1.23. The molecular weight excluding hydrogens is 710 g/mol. The quantitative estimate of drug-likeness (QED) is 0.165. The van der Waals surface area contributed by atoms with Crippen molar-refractivity contribution in [2.24, 2.45) is 0 Å². The lowest BCUT2D eigenvalue weighted by Crippen LogP contribution is -2.43. The summed E-state index contributed by atoms with van der Waals surface area (Å²) < 4.78 is 100. The van der Waals surface area contributed by atoms with Crippen LogP contribution in [-0.4, -0.2) is 45.4 Å². The molecule has 0 bridgehead atoms. The van der Waals surface area contributed by atoms with Gasteiger partial charge in [-0.15, -0.1) is 0 Å². The topological polar surface area (TPSA) is 109 Å². The highest BCUT2D eigenvalue weighted by atomic mass is 35.7. The van der Waals surface area contributed by atoms with E-state index >= 15 is 0 Å². The number of halogens is 7. The van der Waals surface area contributed by atoms with E-state index in [0.29, 0.717) is 46.7 Å². The third-order valence-corrected chi connectivity index (χ3v) is 10.1. The number of hydrogen-bond acceptors (Lipinski definition) is 6. The normalized spacial score (nSPS) is 15.9. The van der Waals surface area contributed by atoms with Crippen LogP contribution in [-0.2, 0) is 37.6 Å². The van der Waals surface area contributed by atoms with Gasteiger partial charge in [0.25, 0.3) is 9.05 Å². The smallest absolute Gasteiger partial charge is 0.349 e. The maximum absolute atomic E-state index is 13.6. The van der Waals surface area contributed by atoms with E-state index in [9.17, 15) is 39.4 Å². The Bertz CT molecular complexity index is 1880. The molecule has 0 spiro atoms. The van der Waals surface area contributed by atoms with Gasteiger partial charge < -0.3 is 5.32 Å². The first-order chi connectivity index (χ1) is 22.0. The van der Waals surface area contributed by atoms with Crippen molar-refractivity contribution in [3.8, 4) is 11.1 Å². The van der Waals surface area contributed by atoms with Gasteiger partial charge in [0.1, 0.15) is 34.4 Å². The molecule has 1 amide bonds. The van der Waals surface area contributed by atoms with Gasteiger partial charge in [-0.05, 0) is 79.9 Å². The fourth-order valence-corrected chi connectivity index (χ4v) is 6.92. The summed E-state index contributed by atoms with van der Waals surface area (Å²) >= 11 is 6.20. The second-order valence-corrected chi connectivity index (χ2v) is 14.6. The van der Waals surface area contributed by atoms with Gasteiger partial charge in [0.05, 0.1) is 27.1 Å². The van der Waals surface area contributed by atoms with Gasteiger partial charge in [0.2, 0.25) is 5.91 Å². The zero-order chi connectivity index (χ0) is 34.5. The average Bonchev–Trinajstić information content (AvgIpc) is 3.51. The summed E-state index contributed by atoms with van der Waals surface area (Å²) in [5, 5.41) is 3.00. The van der Waals surface area contributed by atoms with Gasteiger partial charge in [-0.1, -0.05) is 17.7 Å². The number of amides is 1. The van der Waals surface area contributed by atoms with Gasteiger partial charge >= 0.3 is 6.18 Å². The molecule has 2 unspecified atom stereocenters. The Kier molecular flexibility index (Phi) is 11.7. The number of alkyl halides is 3. The van der Waals surface area contributed by atoms with E-state index in [-0.39, 0.29) is 22.4 Å². The molecule has 1 aliphatic heterocycles. The zero-order valence-electron chi connectivity index (χ0n) is 24.3. The third kappa shape index (κ3) is 9.54. The lowest BCUT2D eigenvalue weighted by molar-refractivity contribution is -0.141. The van der Waals surface area contributed by atoms with Gasteiger partial charge in [0, 0.05) is 40.7 Å². The lowest BCUT2D eigenvalue weighted by atomic mass is 10.1. The van der Waals surface area contributed by atoms with Crippen LogP contribution >= 0.6 is 22.3 Å². The standard InChI is InChI=1S/C24H21ClF4N4O2S.C6H4ClFO2S/c1-14-9-17(5-6-20(14)26)36(35)33-8-2-3-21(33)23(34)32-12-16-10-18(19(25)13-30-16)15-4-7-22(31-11-15)24(27,28)29;7-11(9,10)6-3-1-5(8)2-4-6/h4-7,9-11,13,21H,2-3,8,12H2,1H3,(H,32,34);1-4H. The monoisotopic (exact) mass is 734 g/mol. The summed E-state index contributed by atoms with van der Waals surface area (Å²) in [6.45, 7) is 2.06. The van der Waals surface area contributed by atoms with Crippen LogP contribution < -0.4 is 5.32 Å². The van der Waals surface area contributed by atoms with Gasteiger partial charge in [0.15, 0.2) is 0 Å². The SMILES string of the molecule is Cc1cc(S(=O)N2CCCC2C(=O)NCc2cc(-c3ccc(C(F)(F)F)nc3)c(Cl)cn2)ccc1F.O=S(=O)(Cl)c1ccc(F)cc1. The molecule has 0 aliphatic carbocycles. The minimum absolute atomic E-state index is 0.0314. The van der Waals surface area contributed by atoms with Crippen LogP contribution in [0.1, 0.15) is 29.8 Å². The average molecular weight is 736 g/mol. The van der Waals surface area contributed by atoms with Crippen LogP contribution in [0.15, 0.2) is 82.8 Å². The van der Waals surface area contributed by atoms with Crippen molar-refractivity contribution in [1.29, 1.82) is 0 Å². The van der Waals surface area contributed by atoms with E-state index < -0.39 is 49.6 Å². The molecule has 1 fully saturated rings. The molecule has 250 valence electrons. The number of aryl methyl sites for hydroxylation is 1. The first-order valence-electron chi connectivity index (χ1n) is 13.6. The summed E-state index contributed by atoms with van der Waals surface area (Å²) in [6, 6.07) is 11.6. The zero-order valence-corrected chi connectivity index (χ0v) is 27.4. The summed E-state index contributed by atoms with van der Waals surface area (Å²) in [5.41, 5.74) is 0.581. The van der Waals surface area contributed by atoms with E-state index in [2.05, 4.69) is 15.3 Å². The number of benzene rings is 2. The molecule has 3 heterocycles. The lowest BCUT2D eigenvalue weighted by Gasteiger charge is -2.22. The Morgan fingerprint density at radius 2 is 1.74 bits per heavy atom. The van der Waals surface area contributed by atoms with Crippen molar-refractivity contribution < 1.29 is 39.4 Å². The Labute approximate surface area is 279 Å². The molecule has 0 saturated carbocycles. The summed E-state index contributed by atoms with van der Waals surface area (Å²) in [6.07, 6.45) is -0.939. The van der Waals surface area contributed by atoms with Crippen LogP contribution in [0.2, 0.25) is 5.02 Å². The second kappa shape index (κ2) is 15.2. The molecule has 1 saturated heterocycles. The van der Waals surface area contributed by atoms with Crippen molar-refractivity contribution in [2.75, 3.05) is 6.54 Å². The number of nitrogens with one attached hydrogen (secondary N) is 1. The minimum atomic E-state index is -4.55. The minimum Gasteiger partial charge on any atom is -0.349 e. The molecule has 47 heavy (non-hydrogen) atoms. The molecule has 2 aromatic carbocycles. The maximum Gasteiger partial charge on any atom is 0.433 e. The Balaban J connectivity index is 0.000000385. The van der Waals surface area contributed by atoms with Gasteiger partial charge in [-0.25, -0.2) is 25.7 Å². The van der Waals surface area contributed by atoms with Crippen LogP contribution in [0.3, 0.4) is 0 Å². The third-order valence-electron chi connectivity index (χ3n) is 6.87. The molecule has 0 radical (unpaired) electrons. The van der Waals surface area contributed by atoms with Crippen molar-refractivity contribution in [3.63, 3.8) is 0 Å². The number of carbonyl (C=O) groups excluding carboxylic acids is 1. The highest BCUT2D eigenvalue weighted by Gasteiger charge is 2.35. The predicted octanol–water partition coefficient (Wildman–Crippen LogP) is 6.82. The fraction of sp³-hybridized carbons (Fsp3) is 0.233. The maximum atomic E-state index is 13.6. The highest BCUT2D eigenvalue weighted by molar-refractivity contribution is 8.13. The second-order valence-electron chi connectivity index (χ2n) is 10.2. The number of aromatic nitrogens is 2. The number of nitrogens with zero attached hydrogens (tertiary/aromatic N) is 3. The van der Waals surface area contributed by atoms with Gasteiger partial charge in [-0.2, -0.15) is 13.2 Å². The number of pyridine rings is 2. The summed E-state index contributed by atoms with van der Waals surface area (Å²) in [7, 11) is -0.384. The van der Waals surface area contributed by atoms with E-state index in [1.807, 2.05) is 0 Å². The van der Waals surface area contributed by atoms with Crippen molar-refractivity contribution in [3.05, 3.63) is 107 Å². The molecule has 1 N–H and O–H groups in total. The van der Waals surface area contributed by atoms with E-state index in [0.717, 1.165) is 36.5 Å². The first-order valence-corrected chi connectivity index (χ1v) is 17.4. The molecule has 5 rings (SSSR count). The first kappa shape index (κ1) is 36.3. The van der Waals surface area contributed by atoms with Crippen LogP contribution in [0.25, 0.3) is 11.1 Å². The van der Waals surface area contributed by atoms with E-state index in [1.54, 1.807) is 17.3 Å². The fourth-order valence-electron chi connectivity index (χ4n) is 4.48. The van der Waals surface area contributed by atoms with Crippen molar-refractivity contribution in [1.82, 2.24) is 19.6 Å². The van der Waals surface area contributed by atoms with Crippen molar-refractivity contribution >= 4 is 48.2 Å². The molecular formula is C30H25Cl2F5N4O4S2. The van der Waals surface area contributed by atoms with Crippen LogP contribution in [0.4, 0.5) is 22.0 Å². The molecule has 2 aromatic heterocycles. The number of carbonyl (C=O) groups is 1. The largest absolute Gasteiger partial charge is 0.433 e. The molecule has 1 aliphatic rings. The summed E-state index contributed by atoms with van der Waals surface area (Å²) in [4.78, 5) is 20.9. The Hall–Kier alpha value is -3.50. The molecule has 4 aromatic rings. The molecule has 8 nitrogen and oxygen atoms in total.